The van der Waals surface area contributed by atoms with E-state index in [0.29, 0.717) is 29.0 Å². The van der Waals surface area contributed by atoms with Gasteiger partial charge in [-0.2, -0.15) is 0 Å². The Morgan fingerprint density at radius 2 is 1.84 bits per heavy atom. The fraction of sp³-hybridized carbons (Fsp3) is 0.323. The van der Waals surface area contributed by atoms with Crippen molar-refractivity contribution in [2.24, 2.45) is 7.05 Å². The Morgan fingerprint density at radius 1 is 1.05 bits per heavy atom. The van der Waals surface area contributed by atoms with Gasteiger partial charge in [0.1, 0.15) is 30.7 Å². The standard InChI is InChI=1S/C31H34N4O8S/c1-6-35-25-18-22(10-11-27(25)44-28(35)16-20(2)36)42-31(39)41-15-14-40-13-12-32-29(37)21-17-23-24(34(5)19-21)8-7-9-26(23)43-30(38)33(3)4/h7-11,16-19H,6,12-15H2,1-5H3/p+1. The van der Waals surface area contributed by atoms with Crippen molar-refractivity contribution >= 4 is 52.3 Å². The summed E-state index contributed by atoms with van der Waals surface area (Å²) >= 11 is 1.49. The van der Waals surface area contributed by atoms with Gasteiger partial charge in [-0.05, 0) is 38.1 Å². The minimum Gasteiger partial charge on any atom is -0.432 e. The molecular weight excluding hydrogens is 588 g/mol. The van der Waals surface area contributed by atoms with Gasteiger partial charge in [0.15, 0.2) is 12.0 Å². The van der Waals surface area contributed by atoms with Crippen molar-refractivity contribution in [2.75, 3.05) is 51.9 Å². The van der Waals surface area contributed by atoms with Crippen LogP contribution in [0.4, 0.5) is 15.3 Å². The molecule has 1 N–H and O–H groups in total. The summed E-state index contributed by atoms with van der Waals surface area (Å²) in [5.41, 5.74) is 2.03. The van der Waals surface area contributed by atoms with E-state index >= 15 is 0 Å². The van der Waals surface area contributed by atoms with Gasteiger partial charge in [0, 0.05) is 50.3 Å². The van der Waals surface area contributed by atoms with E-state index in [1.165, 1.54) is 23.6 Å². The molecule has 0 unspecified atom stereocenters. The maximum absolute atomic E-state index is 12.8. The van der Waals surface area contributed by atoms with Crippen molar-refractivity contribution in [3.05, 3.63) is 65.3 Å². The van der Waals surface area contributed by atoms with E-state index in [2.05, 4.69) is 5.32 Å². The fourth-order valence-electron chi connectivity index (χ4n) is 4.36. The zero-order valence-corrected chi connectivity index (χ0v) is 26.1. The van der Waals surface area contributed by atoms with Crippen LogP contribution in [0.5, 0.6) is 11.5 Å². The Balaban J connectivity index is 1.20. The number of ether oxygens (including phenoxy) is 4. The van der Waals surface area contributed by atoms with Gasteiger partial charge in [0.05, 0.1) is 29.3 Å². The van der Waals surface area contributed by atoms with Crippen LogP contribution in [0.1, 0.15) is 24.2 Å². The second-order valence-corrected chi connectivity index (χ2v) is 11.0. The van der Waals surface area contributed by atoms with Crippen LogP contribution in [0.2, 0.25) is 0 Å². The van der Waals surface area contributed by atoms with Gasteiger partial charge in [0.25, 0.3) is 5.91 Å². The van der Waals surface area contributed by atoms with Crippen LogP contribution in [0, 0.1) is 0 Å². The summed E-state index contributed by atoms with van der Waals surface area (Å²) in [7, 11) is 4.98. The van der Waals surface area contributed by atoms with Crippen LogP contribution in [0.3, 0.4) is 0 Å². The fourth-order valence-corrected chi connectivity index (χ4v) is 5.55. The van der Waals surface area contributed by atoms with Crippen LogP contribution < -0.4 is 24.3 Å². The van der Waals surface area contributed by atoms with Crippen molar-refractivity contribution in [3.63, 3.8) is 0 Å². The number of carbonyl (C=O) groups excluding carboxylic acids is 4. The Morgan fingerprint density at radius 3 is 2.57 bits per heavy atom. The number of aryl methyl sites for hydroxylation is 1. The molecule has 2 amide bonds. The second kappa shape index (κ2) is 14.7. The maximum atomic E-state index is 12.8. The second-order valence-electron chi connectivity index (χ2n) is 9.93. The van der Waals surface area contributed by atoms with E-state index in [1.54, 1.807) is 68.3 Å². The molecule has 0 spiro atoms. The van der Waals surface area contributed by atoms with E-state index < -0.39 is 12.2 Å². The van der Waals surface area contributed by atoms with E-state index in [0.717, 1.165) is 21.1 Å². The number of pyridine rings is 1. The minimum absolute atomic E-state index is 0.0326. The molecular formula is C31H35N4O8S+. The van der Waals surface area contributed by atoms with E-state index in [-0.39, 0.29) is 38.1 Å². The summed E-state index contributed by atoms with van der Waals surface area (Å²) in [4.78, 5) is 52.9. The third kappa shape index (κ3) is 8.05. The van der Waals surface area contributed by atoms with Crippen LogP contribution in [-0.2, 0) is 21.3 Å². The van der Waals surface area contributed by atoms with Crippen LogP contribution in [-0.4, -0.2) is 75.8 Å². The number of fused-ring (bicyclic) bond motifs is 2. The van der Waals surface area contributed by atoms with Gasteiger partial charge >= 0.3 is 12.2 Å². The van der Waals surface area contributed by atoms with Gasteiger partial charge in [-0.15, -0.1) is 0 Å². The number of thioether (sulfide) groups is 1. The lowest BCUT2D eigenvalue weighted by Crippen LogP contribution is -2.34. The molecule has 0 radical (unpaired) electrons. The molecule has 0 saturated heterocycles. The number of benzene rings is 2. The first kappa shape index (κ1) is 32.3. The summed E-state index contributed by atoms with van der Waals surface area (Å²) < 4.78 is 23.1. The molecule has 2 heterocycles. The Bertz CT molecular complexity index is 1610. The van der Waals surface area contributed by atoms with E-state index in [1.807, 2.05) is 24.0 Å². The molecule has 44 heavy (non-hydrogen) atoms. The van der Waals surface area contributed by atoms with Crippen molar-refractivity contribution in [2.45, 2.75) is 18.7 Å². The molecule has 0 bridgehead atoms. The number of allylic oxidation sites excluding steroid dienone is 1. The lowest BCUT2D eigenvalue weighted by Gasteiger charge is -2.18. The molecule has 1 aliphatic rings. The number of carbonyl (C=O) groups is 4. The predicted octanol–water partition coefficient (Wildman–Crippen LogP) is 4.05. The molecule has 13 heteroatoms. The van der Waals surface area contributed by atoms with Crippen molar-refractivity contribution in [3.8, 4) is 11.5 Å². The highest BCUT2D eigenvalue weighted by Crippen LogP contribution is 2.47. The quantitative estimate of drug-likeness (QED) is 0.110. The third-order valence-corrected chi connectivity index (χ3v) is 7.52. The first-order chi connectivity index (χ1) is 21.1. The van der Waals surface area contributed by atoms with Crippen LogP contribution in [0.15, 0.2) is 64.7 Å². The number of hydrogen-bond acceptors (Lipinski definition) is 10. The van der Waals surface area contributed by atoms with Gasteiger partial charge < -0.3 is 34.1 Å². The molecule has 4 rings (SSSR count). The lowest BCUT2D eigenvalue weighted by molar-refractivity contribution is -0.645. The summed E-state index contributed by atoms with van der Waals surface area (Å²) in [6.45, 7) is 4.63. The predicted molar refractivity (Wildman–Crippen MR) is 164 cm³/mol. The normalized spacial score (nSPS) is 13.0. The smallest absolute Gasteiger partial charge is 0.432 e. The molecule has 0 fully saturated rings. The number of aromatic nitrogens is 1. The van der Waals surface area contributed by atoms with Crippen molar-refractivity contribution < 1.29 is 42.7 Å². The first-order valence-corrected chi connectivity index (χ1v) is 14.7. The van der Waals surface area contributed by atoms with Gasteiger partial charge in [-0.3, -0.25) is 9.59 Å². The summed E-state index contributed by atoms with van der Waals surface area (Å²) in [5.74, 6) is 0.313. The topological polar surface area (TPSA) is 128 Å². The Kier molecular flexibility index (Phi) is 10.8. The highest BCUT2D eigenvalue weighted by Gasteiger charge is 2.25. The SMILES string of the molecule is CCN1C(=CC(C)=O)Sc2ccc(OC(=O)OCCOCCNC(=O)c3cc4c(OC(=O)N(C)C)cccc4[n+](C)c3)cc21. The molecule has 0 aliphatic carbocycles. The van der Waals surface area contributed by atoms with Crippen molar-refractivity contribution in [1.82, 2.24) is 10.2 Å². The number of ketones is 1. The van der Waals surface area contributed by atoms with Gasteiger partial charge in [-0.1, -0.05) is 17.8 Å². The molecule has 3 aromatic rings. The number of anilines is 1. The molecule has 232 valence electrons. The first-order valence-electron chi connectivity index (χ1n) is 13.9. The van der Waals surface area contributed by atoms with Gasteiger partial charge in [-0.25, -0.2) is 14.2 Å². The maximum Gasteiger partial charge on any atom is 0.513 e. The monoisotopic (exact) mass is 623 g/mol. The van der Waals surface area contributed by atoms with E-state index in [4.69, 9.17) is 18.9 Å². The highest BCUT2D eigenvalue weighted by atomic mass is 32.2. The zero-order valence-electron chi connectivity index (χ0n) is 25.2. The lowest BCUT2D eigenvalue weighted by atomic mass is 10.1. The number of nitrogens with one attached hydrogen (secondary N) is 1. The Labute approximate surface area is 259 Å². The largest absolute Gasteiger partial charge is 0.513 e. The number of hydrogen-bond donors (Lipinski definition) is 1. The molecule has 0 saturated carbocycles. The average molecular weight is 624 g/mol. The molecule has 1 aliphatic heterocycles. The summed E-state index contributed by atoms with van der Waals surface area (Å²) in [6, 6.07) is 12.2. The summed E-state index contributed by atoms with van der Waals surface area (Å²) in [5, 5.41) is 4.23. The minimum atomic E-state index is -0.866. The average Bonchev–Trinajstić information content (AvgIpc) is 3.32. The number of rotatable bonds is 11. The highest BCUT2D eigenvalue weighted by molar-refractivity contribution is 8.03. The van der Waals surface area contributed by atoms with Crippen LogP contribution in [0.25, 0.3) is 10.9 Å². The van der Waals surface area contributed by atoms with Crippen molar-refractivity contribution in [1.29, 1.82) is 0 Å². The molecule has 0 atom stereocenters. The van der Waals surface area contributed by atoms with E-state index in [9.17, 15) is 19.2 Å². The van der Waals surface area contributed by atoms with Gasteiger partial charge in [0.2, 0.25) is 5.52 Å². The summed E-state index contributed by atoms with van der Waals surface area (Å²) in [6.07, 6.45) is 1.89. The molecule has 1 aromatic heterocycles. The van der Waals surface area contributed by atoms with Crippen LogP contribution >= 0.6 is 11.8 Å². The molecule has 2 aromatic carbocycles. The number of nitrogens with zero attached hydrogens (tertiary/aromatic N) is 3. The Hall–Kier alpha value is -4.62. The molecule has 12 nitrogen and oxygen atoms in total. The third-order valence-electron chi connectivity index (χ3n) is 6.41. The zero-order chi connectivity index (χ0) is 31.8. The number of amides is 2.